The van der Waals surface area contributed by atoms with Crippen LogP contribution in [0.25, 0.3) is 0 Å². The molecule has 2 aliphatic carbocycles. The van der Waals surface area contributed by atoms with E-state index in [2.05, 4.69) is 15.2 Å². The Morgan fingerprint density at radius 1 is 1.13 bits per heavy atom. The second-order valence-corrected chi connectivity index (χ2v) is 7.43. The van der Waals surface area contributed by atoms with Crippen LogP contribution in [0.15, 0.2) is 5.38 Å². The van der Waals surface area contributed by atoms with E-state index >= 15 is 0 Å². The fraction of sp³-hybridized carbons (Fsp3) is 0.706. The van der Waals surface area contributed by atoms with Gasteiger partial charge in [-0.25, -0.2) is 9.78 Å². The van der Waals surface area contributed by atoms with Gasteiger partial charge in [0.15, 0.2) is 10.8 Å². The Kier molecular flexibility index (Phi) is 5.50. The Labute approximate surface area is 141 Å². The first-order chi connectivity index (χ1) is 11.3. The van der Waals surface area contributed by atoms with Crippen molar-refractivity contribution in [2.75, 3.05) is 5.32 Å². The maximum absolute atomic E-state index is 12.9. The van der Waals surface area contributed by atoms with Crippen molar-refractivity contribution in [2.45, 2.75) is 76.3 Å². The predicted octanol–water partition coefficient (Wildman–Crippen LogP) is 4.51. The minimum Gasteiger partial charge on any atom is -0.319 e. The number of nitrogens with zero attached hydrogens (tertiary/aromatic N) is 3. The van der Waals surface area contributed by atoms with E-state index in [0.29, 0.717) is 22.9 Å². The number of nitriles is 1. The van der Waals surface area contributed by atoms with Crippen molar-refractivity contribution in [1.29, 1.82) is 5.26 Å². The smallest absolute Gasteiger partial charge is 0.319 e. The molecule has 5 nitrogen and oxygen atoms in total. The van der Waals surface area contributed by atoms with Gasteiger partial charge in [-0.15, -0.1) is 11.3 Å². The molecule has 0 radical (unpaired) electrons. The van der Waals surface area contributed by atoms with E-state index in [9.17, 15) is 4.79 Å². The number of nitrogens with one attached hydrogen (secondary N) is 1. The Morgan fingerprint density at radius 3 is 2.17 bits per heavy atom. The third-order valence-corrected chi connectivity index (χ3v) is 5.76. The molecule has 1 aromatic rings. The monoisotopic (exact) mass is 332 g/mol. The van der Waals surface area contributed by atoms with Crippen LogP contribution in [0.3, 0.4) is 0 Å². The van der Waals surface area contributed by atoms with Crippen molar-refractivity contribution in [2.24, 2.45) is 0 Å². The van der Waals surface area contributed by atoms with Crippen molar-refractivity contribution in [1.82, 2.24) is 9.88 Å². The molecule has 2 aliphatic rings. The highest BCUT2D eigenvalue weighted by atomic mass is 32.1. The van der Waals surface area contributed by atoms with Gasteiger partial charge in [0.2, 0.25) is 0 Å². The summed E-state index contributed by atoms with van der Waals surface area (Å²) in [7, 11) is 0. The van der Waals surface area contributed by atoms with Crippen LogP contribution < -0.4 is 5.32 Å². The lowest BCUT2D eigenvalue weighted by molar-refractivity contribution is 0.114. The topological polar surface area (TPSA) is 69.0 Å². The number of hydrogen-bond donors (Lipinski definition) is 1. The Hall–Kier alpha value is -1.61. The molecule has 0 aromatic carbocycles. The van der Waals surface area contributed by atoms with Gasteiger partial charge in [0, 0.05) is 17.5 Å². The highest BCUT2D eigenvalue weighted by molar-refractivity contribution is 7.14. The number of carbonyl (C=O) groups is 1. The van der Waals surface area contributed by atoms with Gasteiger partial charge >= 0.3 is 6.03 Å². The summed E-state index contributed by atoms with van der Waals surface area (Å²) in [5, 5.41) is 14.0. The first kappa shape index (κ1) is 16.3. The molecule has 2 amide bonds. The van der Waals surface area contributed by atoms with E-state index in [1.165, 1.54) is 49.9 Å². The van der Waals surface area contributed by atoms with Crippen LogP contribution in [0.1, 0.15) is 69.9 Å². The summed E-state index contributed by atoms with van der Waals surface area (Å²) in [6.07, 6.45) is 11.9. The van der Waals surface area contributed by atoms with Gasteiger partial charge in [0.1, 0.15) is 6.07 Å². The van der Waals surface area contributed by atoms with Gasteiger partial charge in [-0.1, -0.05) is 38.5 Å². The molecular weight excluding hydrogens is 308 g/mol. The van der Waals surface area contributed by atoms with Crippen LogP contribution in [0, 0.1) is 11.3 Å². The van der Waals surface area contributed by atoms with E-state index in [-0.39, 0.29) is 6.03 Å². The van der Waals surface area contributed by atoms with Gasteiger partial charge < -0.3 is 4.90 Å². The zero-order valence-electron chi connectivity index (χ0n) is 13.5. The van der Waals surface area contributed by atoms with Crippen molar-refractivity contribution in [3.63, 3.8) is 0 Å². The van der Waals surface area contributed by atoms with Crippen LogP contribution >= 0.6 is 11.3 Å². The van der Waals surface area contributed by atoms with Crippen molar-refractivity contribution >= 4 is 22.5 Å². The molecule has 6 heteroatoms. The van der Waals surface area contributed by atoms with Gasteiger partial charge in [-0.05, 0) is 25.7 Å². The number of hydrogen-bond acceptors (Lipinski definition) is 4. The lowest BCUT2D eigenvalue weighted by Gasteiger charge is -2.41. The molecule has 0 unspecified atom stereocenters. The normalized spacial score (nSPS) is 20.0. The minimum absolute atomic E-state index is 0.0253. The third kappa shape index (κ3) is 4.03. The van der Waals surface area contributed by atoms with Crippen molar-refractivity contribution in [3.05, 3.63) is 11.1 Å². The molecule has 1 aromatic heterocycles. The maximum atomic E-state index is 12.9. The first-order valence-electron chi connectivity index (χ1n) is 8.73. The minimum atomic E-state index is -0.0253. The zero-order chi connectivity index (χ0) is 16.1. The number of rotatable bonds is 3. The standard InChI is InChI=1S/C17H24N4OS/c18-11-13-12-23-16(19-13)20-17(22)21(14-7-3-1-4-8-14)15-9-5-2-6-10-15/h12,14-15H,1-10H2,(H,19,20,22). The van der Waals surface area contributed by atoms with Gasteiger partial charge in [0.05, 0.1) is 0 Å². The van der Waals surface area contributed by atoms with E-state index < -0.39 is 0 Å². The van der Waals surface area contributed by atoms with Crippen LogP contribution in [0.4, 0.5) is 9.93 Å². The number of aromatic nitrogens is 1. The second kappa shape index (κ2) is 7.78. The number of anilines is 1. The number of thiazole rings is 1. The van der Waals surface area contributed by atoms with Crippen molar-refractivity contribution < 1.29 is 4.79 Å². The average molecular weight is 332 g/mol. The lowest BCUT2D eigenvalue weighted by atomic mass is 9.89. The highest BCUT2D eigenvalue weighted by Crippen LogP contribution is 2.31. The molecule has 0 spiro atoms. The second-order valence-electron chi connectivity index (χ2n) is 6.57. The predicted molar refractivity (Wildman–Crippen MR) is 91.4 cm³/mol. The SMILES string of the molecule is N#Cc1csc(NC(=O)N(C2CCCCC2)C2CCCCC2)n1. The molecule has 0 aliphatic heterocycles. The quantitative estimate of drug-likeness (QED) is 0.885. The molecule has 23 heavy (non-hydrogen) atoms. The fourth-order valence-corrected chi connectivity index (χ4v) is 4.51. The van der Waals surface area contributed by atoms with Gasteiger partial charge in [-0.3, -0.25) is 5.32 Å². The van der Waals surface area contributed by atoms with Gasteiger partial charge in [-0.2, -0.15) is 5.26 Å². The lowest BCUT2D eigenvalue weighted by Crippen LogP contribution is -2.50. The largest absolute Gasteiger partial charge is 0.324 e. The molecule has 3 rings (SSSR count). The average Bonchev–Trinajstić information content (AvgIpc) is 3.04. The number of carbonyl (C=O) groups excluding carboxylic acids is 1. The molecule has 0 saturated heterocycles. The maximum Gasteiger partial charge on any atom is 0.324 e. The van der Waals surface area contributed by atoms with Crippen LogP contribution in [-0.2, 0) is 0 Å². The summed E-state index contributed by atoms with van der Waals surface area (Å²) < 4.78 is 0. The van der Waals surface area contributed by atoms with E-state index in [1.807, 2.05) is 6.07 Å². The fourth-order valence-electron chi connectivity index (χ4n) is 3.89. The third-order valence-electron chi connectivity index (χ3n) is 5.00. The number of urea groups is 1. The Balaban J connectivity index is 1.72. The highest BCUT2D eigenvalue weighted by Gasteiger charge is 2.32. The summed E-state index contributed by atoms with van der Waals surface area (Å²) in [6, 6.07) is 2.71. The van der Waals surface area contributed by atoms with E-state index in [0.717, 1.165) is 25.7 Å². The summed E-state index contributed by atoms with van der Waals surface area (Å²) in [5.74, 6) is 0. The molecule has 1 heterocycles. The summed E-state index contributed by atoms with van der Waals surface area (Å²) in [5.41, 5.74) is 0.368. The molecule has 0 bridgehead atoms. The molecule has 2 saturated carbocycles. The first-order valence-corrected chi connectivity index (χ1v) is 9.61. The zero-order valence-corrected chi connectivity index (χ0v) is 14.3. The summed E-state index contributed by atoms with van der Waals surface area (Å²) in [6.45, 7) is 0. The molecular formula is C17H24N4OS. The van der Waals surface area contributed by atoms with Crippen LogP contribution in [0.5, 0.6) is 0 Å². The summed E-state index contributed by atoms with van der Waals surface area (Å²) >= 11 is 1.32. The molecule has 0 atom stereocenters. The Morgan fingerprint density at radius 2 is 1.70 bits per heavy atom. The van der Waals surface area contributed by atoms with Crippen LogP contribution in [-0.4, -0.2) is 28.0 Å². The van der Waals surface area contributed by atoms with Gasteiger partial charge in [0.25, 0.3) is 0 Å². The molecule has 124 valence electrons. The molecule has 1 N–H and O–H groups in total. The van der Waals surface area contributed by atoms with E-state index in [4.69, 9.17) is 5.26 Å². The summed E-state index contributed by atoms with van der Waals surface area (Å²) in [4.78, 5) is 19.2. The molecule has 2 fully saturated rings. The number of amides is 2. The van der Waals surface area contributed by atoms with Crippen molar-refractivity contribution in [3.8, 4) is 6.07 Å². The van der Waals surface area contributed by atoms with Crippen LogP contribution in [0.2, 0.25) is 0 Å². The van der Waals surface area contributed by atoms with E-state index in [1.54, 1.807) is 5.38 Å². The Bertz CT molecular complexity index is 549.